The average Bonchev–Trinajstić information content (AvgIpc) is 3.05. The number of halogens is 1. The third-order valence-corrected chi connectivity index (χ3v) is 3.80. The molecule has 0 aliphatic heterocycles. The highest BCUT2D eigenvalue weighted by Gasteiger charge is 2.12. The second kappa shape index (κ2) is 8.30. The van der Waals surface area contributed by atoms with Gasteiger partial charge in [-0.25, -0.2) is 9.59 Å². The van der Waals surface area contributed by atoms with E-state index in [0.717, 1.165) is 4.88 Å². The maximum absolute atomic E-state index is 11.7. The zero-order valence-corrected chi connectivity index (χ0v) is 13.4. The molecule has 8 heteroatoms. The average molecular weight is 353 g/mol. The number of nitrogens with one attached hydrogen (secondary N) is 2. The summed E-state index contributed by atoms with van der Waals surface area (Å²) in [6.45, 7) is -0.227. The first-order chi connectivity index (χ1) is 11.0. The van der Waals surface area contributed by atoms with Gasteiger partial charge in [0.1, 0.15) is 0 Å². The summed E-state index contributed by atoms with van der Waals surface area (Å²) >= 11 is 7.20. The van der Waals surface area contributed by atoms with Crippen LogP contribution < -0.4 is 10.6 Å². The molecule has 0 aliphatic carbocycles. The minimum Gasteiger partial charge on any atom is -0.452 e. The zero-order chi connectivity index (χ0) is 16.7. The molecule has 0 bridgehead atoms. The molecule has 0 saturated heterocycles. The number of benzene rings is 1. The van der Waals surface area contributed by atoms with E-state index in [2.05, 4.69) is 10.6 Å². The van der Waals surface area contributed by atoms with Gasteiger partial charge in [-0.2, -0.15) is 0 Å². The van der Waals surface area contributed by atoms with E-state index in [9.17, 15) is 14.4 Å². The van der Waals surface area contributed by atoms with Crippen molar-refractivity contribution in [3.8, 4) is 0 Å². The van der Waals surface area contributed by atoms with Crippen molar-refractivity contribution in [2.75, 3.05) is 6.61 Å². The van der Waals surface area contributed by atoms with Crippen molar-refractivity contribution >= 4 is 40.8 Å². The topological polar surface area (TPSA) is 84.5 Å². The highest BCUT2D eigenvalue weighted by molar-refractivity contribution is 7.09. The van der Waals surface area contributed by atoms with Crippen molar-refractivity contribution in [1.82, 2.24) is 10.6 Å². The minimum atomic E-state index is -0.712. The molecule has 0 fully saturated rings. The van der Waals surface area contributed by atoms with Gasteiger partial charge in [0.2, 0.25) is 0 Å². The van der Waals surface area contributed by atoms with Crippen molar-refractivity contribution < 1.29 is 19.1 Å². The quantitative estimate of drug-likeness (QED) is 0.810. The fourth-order valence-corrected chi connectivity index (χ4v) is 2.36. The van der Waals surface area contributed by atoms with Gasteiger partial charge >= 0.3 is 12.0 Å². The summed E-state index contributed by atoms with van der Waals surface area (Å²) in [4.78, 5) is 35.7. The summed E-state index contributed by atoms with van der Waals surface area (Å²) in [5.41, 5.74) is 0.268. The zero-order valence-electron chi connectivity index (χ0n) is 11.9. The highest BCUT2D eigenvalue weighted by atomic mass is 35.5. The molecule has 0 spiro atoms. The molecular weight excluding hydrogens is 340 g/mol. The molecule has 2 N–H and O–H groups in total. The number of esters is 1. The molecule has 1 aromatic carbocycles. The van der Waals surface area contributed by atoms with Crippen LogP contribution in [-0.2, 0) is 16.1 Å². The van der Waals surface area contributed by atoms with Crippen LogP contribution in [0.2, 0.25) is 5.02 Å². The number of hydrogen-bond donors (Lipinski definition) is 2. The monoisotopic (exact) mass is 352 g/mol. The number of carbonyl (C=O) groups excluding carboxylic acids is 3. The van der Waals surface area contributed by atoms with E-state index < -0.39 is 24.5 Å². The van der Waals surface area contributed by atoms with Gasteiger partial charge in [0, 0.05) is 9.90 Å². The van der Waals surface area contributed by atoms with Gasteiger partial charge in [0.15, 0.2) is 6.61 Å². The maximum Gasteiger partial charge on any atom is 0.338 e. The summed E-state index contributed by atoms with van der Waals surface area (Å²) in [5, 5.41) is 6.97. The van der Waals surface area contributed by atoms with Crippen LogP contribution in [0.4, 0.5) is 4.79 Å². The molecule has 2 rings (SSSR count). The summed E-state index contributed by atoms with van der Waals surface area (Å²) in [6.07, 6.45) is 0. The molecular formula is C15H13ClN2O4S. The van der Waals surface area contributed by atoms with Crippen molar-refractivity contribution in [3.63, 3.8) is 0 Å². The van der Waals surface area contributed by atoms with Gasteiger partial charge in [-0.1, -0.05) is 17.7 Å². The molecule has 1 heterocycles. The van der Waals surface area contributed by atoms with Gasteiger partial charge < -0.3 is 10.1 Å². The smallest absolute Gasteiger partial charge is 0.338 e. The van der Waals surface area contributed by atoms with Crippen LogP contribution in [0.3, 0.4) is 0 Å². The SMILES string of the molecule is O=C(COC(=O)c1ccc(Cl)cc1)NC(=O)NCc1cccs1. The van der Waals surface area contributed by atoms with Crippen molar-refractivity contribution in [1.29, 1.82) is 0 Å². The molecule has 6 nitrogen and oxygen atoms in total. The minimum absolute atomic E-state index is 0.268. The molecule has 120 valence electrons. The molecule has 0 saturated carbocycles. The van der Waals surface area contributed by atoms with Crippen LogP contribution >= 0.6 is 22.9 Å². The maximum atomic E-state index is 11.7. The Labute approximate surface area is 141 Å². The van der Waals surface area contributed by atoms with Crippen LogP contribution in [-0.4, -0.2) is 24.5 Å². The predicted molar refractivity (Wildman–Crippen MR) is 86.4 cm³/mol. The largest absolute Gasteiger partial charge is 0.452 e. The van der Waals surface area contributed by atoms with E-state index in [0.29, 0.717) is 11.6 Å². The van der Waals surface area contributed by atoms with E-state index in [-0.39, 0.29) is 5.56 Å². The van der Waals surface area contributed by atoms with Crippen LogP contribution in [0.15, 0.2) is 41.8 Å². The highest BCUT2D eigenvalue weighted by Crippen LogP contribution is 2.10. The Morgan fingerprint density at radius 1 is 1.13 bits per heavy atom. The fourth-order valence-electron chi connectivity index (χ4n) is 1.59. The molecule has 2 aromatic rings. The first-order valence-corrected chi connectivity index (χ1v) is 7.83. The summed E-state index contributed by atoms with van der Waals surface area (Å²) in [6, 6.07) is 9.12. The standard InChI is InChI=1S/C15H13ClN2O4S/c16-11-5-3-10(4-6-11)14(20)22-9-13(19)18-15(21)17-8-12-2-1-7-23-12/h1-7H,8-9H2,(H2,17,18,19,21). The lowest BCUT2D eigenvalue weighted by atomic mass is 10.2. The van der Waals surface area contributed by atoms with Gasteiger partial charge in [0.05, 0.1) is 12.1 Å². The number of urea groups is 1. The Bertz CT molecular complexity index is 686. The first-order valence-electron chi connectivity index (χ1n) is 6.57. The first kappa shape index (κ1) is 17.0. The number of thiophene rings is 1. The van der Waals surface area contributed by atoms with Crippen LogP contribution in [0, 0.1) is 0 Å². The van der Waals surface area contributed by atoms with E-state index in [1.165, 1.54) is 35.6 Å². The number of imide groups is 1. The lowest BCUT2D eigenvalue weighted by Crippen LogP contribution is -2.41. The molecule has 23 heavy (non-hydrogen) atoms. The van der Waals surface area contributed by atoms with E-state index in [1.54, 1.807) is 0 Å². The summed E-state index contributed by atoms with van der Waals surface area (Å²) in [5.74, 6) is -1.38. The second-order valence-electron chi connectivity index (χ2n) is 4.39. The number of carbonyl (C=O) groups is 3. The lowest BCUT2D eigenvalue weighted by molar-refractivity contribution is -0.123. The summed E-state index contributed by atoms with van der Waals surface area (Å²) < 4.78 is 4.81. The summed E-state index contributed by atoms with van der Waals surface area (Å²) in [7, 11) is 0. The molecule has 3 amide bonds. The lowest BCUT2D eigenvalue weighted by Gasteiger charge is -2.07. The third kappa shape index (κ3) is 5.72. The van der Waals surface area contributed by atoms with Crippen LogP contribution in [0.5, 0.6) is 0 Å². The third-order valence-electron chi connectivity index (χ3n) is 2.67. The number of hydrogen-bond acceptors (Lipinski definition) is 5. The van der Waals surface area contributed by atoms with Crippen molar-refractivity contribution in [2.45, 2.75) is 6.54 Å². The second-order valence-corrected chi connectivity index (χ2v) is 5.86. The number of rotatable bonds is 5. The van der Waals surface area contributed by atoms with E-state index in [4.69, 9.17) is 16.3 Å². The molecule has 0 radical (unpaired) electrons. The molecule has 1 aromatic heterocycles. The Morgan fingerprint density at radius 2 is 1.87 bits per heavy atom. The van der Waals surface area contributed by atoms with Crippen LogP contribution in [0.25, 0.3) is 0 Å². The van der Waals surface area contributed by atoms with Gasteiger partial charge in [-0.3, -0.25) is 10.1 Å². The van der Waals surface area contributed by atoms with Crippen molar-refractivity contribution in [2.24, 2.45) is 0 Å². The number of ether oxygens (including phenoxy) is 1. The van der Waals surface area contributed by atoms with Crippen LogP contribution in [0.1, 0.15) is 15.2 Å². The van der Waals surface area contributed by atoms with Gasteiger partial charge in [0.25, 0.3) is 5.91 Å². The normalized spacial score (nSPS) is 9.96. The van der Waals surface area contributed by atoms with E-state index >= 15 is 0 Å². The van der Waals surface area contributed by atoms with Crippen molar-refractivity contribution in [3.05, 3.63) is 57.2 Å². The Hall–Kier alpha value is -2.38. The Balaban J connectivity index is 1.70. The molecule has 0 unspecified atom stereocenters. The molecule has 0 atom stereocenters. The number of amides is 3. The fraction of sp³-hybridized carbons (Fsp3) is 0.133. The van der Waals surface area contributed by atoms with E-state index in [1.807, 2.05) is 17.5 Å². The Morgan fingerprint density at radius 3 is 2.52 bits per heavy atom. The Kier molecular flexibility index (Phi) is 6.13. The molecule has 0 aliphatic rings. The van der Waals surface area contributed by atoms with Gasteiger partial charge in [-0.15, -0.1) is 11.3 Å². The predicted octanol–water partition coefficient (Wildman–Crippen LogP) is 2.58. The van der Waals surface area contributed by atoms with Gasteiger partial charge in [-0.05, 0) is 35.7 Å².